The first-order valence-electron chi connectivity index (χ1n) is 10.2. The van der Waals surface area contributed by atoms with E-state index in [0.717, 1.165) is 21.2 Å². The van der Waals surface area contributed by atoms with Crippen LogP contribution in [0.15, 0.2) is 74.3 Å². The van der Waals surface area contributed by atoms with Crippen LogP contribution in [0.1, 0.15) is 38.9 Å². The molecule has 0 aliphatic carbocycles. The molecule has 1 aliphatic heterocycles. The van der Waals surface area contributed by atoms with Gasteiger partial charge in [-0.3, -0.25) is 14.5 Å². The molecule has 0 spiro atoms. The lowest BCUT2D eigenvalue weighted by Gasteiger charge is -2.25. The van der Waals surface area contributed by atoms with E-state index >= 15 is 0 Å². The van der Waals surface area contributed by atoms with Gasteiger partial charge in [-0.05, 0) is 79.1 Å². The minimum Gasteiger partial charge on any atom is -0.497 e. The van der Waals surface area contributed by atoms with Crippen molar-refractivity contribution in [2.75, 3.05) is 12.0 Å². The third-order valence-electron chi connectivity index (χ3n) is 6.00. The van der Waals surface area contributed by atoms with E-state index in [9.17, 15) is 9.59 Å². The van der Waals surface area contributed by atoms with Crippen molar-refractivity contribution in [1.82, 2.24) is 0 Å². The summed E-state index contributed by atoms with van der Waals surface area (Å²) < 4.78 is 12.2. The number of carbonyl (C=O) groups excluding carboxylic acids is 1. The summed E-state index contributed by atoms with van der Waals surface area (Å²) in [6.45, 7) is 3.92. The molecule has 1 amide bonds. The number of amides is 1. The van der Waals surface area contributed by atoms with Crippen LogP contribution in [-0.4, -0.2) is 13.0 Å². The lowest BCUT2D eigenvalue weighted by Crippen LogP contribution is -2.29. The lowest BCUT2D eigenvalue weighted by molar-refractivity contribution is 0.0971. The van der Waals surface area contributed by atoms with E-state index in [1.807, 2.05) is 62.4 Å². The third-order valence-corrected chi connectivity index (χ3v) is 6.49. The number of fused-ring (bicyclic) bond motifs is 2. The highest BCUT2D eigenvalue weighted by Gasteiger charge is 2.43. The van der Waals surface area contributed by atoms with Crippen molar-refractivity contribution in [1.29, 1.82) is 0 Å². The van der Waals surface area contributed by atoms with Crippen molar-refractivity contribution in [2.45, 2.75) is 19.9 Å². The maximum absolute atomic E-state index is 13.7. The summed E-state index contributed by atoms with van der Waals surface area (Å²) in [6.07, 6.45) is 0. The SMILES string of the molecule is COc1ccc(N2C(=O)c3oc4cc(C)c(C)cc4c(=O)c3C2c2cccc(Br)c2)cc1. The fourth-order valence-electron chi connectivity index (χ4n) is 4.23. The average molecular weight is 490 g/mol. The molecule has 0 radical (unpaired) electrons. The first-order valence-corrected chi connectivity index (χ1v) is 11.0. The summed E-state index contributed by atoms with van der Waals surface area (Å²) in [7, 11) is 1.59. The second-order valence-corrected chi connectivity index (χ2v) is 8.85. The second-order valence-electron chi connectivity index (χ2n) is 7.94. The van der Waals surface area contributed by atoms with Gasteiger partial charge < -0.3 is 9.15 Å². The Balaban J connectivity index is 1.80. The third kappa shape index (κ3) is 3.14. The zero-order valence-electron chi connectivity index (χ0n) is 17.8. The maximum Gasteiger partial charge on any atom is 0.295 e. The van der Waals surface area contributed by atoms with Gasteiger partial charge in [0, 0.05) is 10.2 Å². The van der Waals surface area contributed by atoms with Gasteiger partial charge in [-0.1, -0.05) is 28.1 Å². The van der Waals surface area contributed by atoms with Gasteiger partial charge in [0.1, 0.15) is 11.3 Å². The summed E-state index contributed by atoms with van der Waals surface area (Å²) in [5, 5.41) is 0.483. The maximum atomic E-state index is 13.7. The number of benzene rings is 3. The van der Waals surface area contributed by atoms with Crippen LogP contribution in [0.4, 0.5) is 5.69 Å². The largest absolute Gasteiger partial charge is 0.497 e. The van der Waals surface area contributed by atoms with Crippen molar-refractivity contribution in [3.63, 3.8) is 0 Å². The number of hydrogen-bond donors (Lipinski definition) is 0. The molecule has 0 saturated carbocycles. The minimum atomic E-state index is -0.606. The summed E-state index contributed by atoms with van der Waals surface area (Å²) in [5.41, 5.74) is 4.08. The Morgan fingerprint density at radius 3 is 2.38 bits per heavy atom. The van der Waals surface area contributed by atoms with Gasteiger partial charge in [0.2, 0.25) is 5.76 Å². The van der Waals surface area contributed by atoms with E-state index in [0.29, 0.717) is 28.0 Å². The Bertz CT molecular complexity index is 1440. The quantitative estimate of drug-likeness (QED) is 0.357. The van der Waals surface area contributed by atoms with Gasteiger partial charge in [0.05, 0.1) is 24.1 Å². The molecule has 0 fully saturated rings. The van der Waals surface area contributed by atoms with E-state index in [1.54, 1.807) is 24.1 Å². The predicted octanol–water partition coefficient (Wildman–Crippen LogP) is 5.93. The van der Waals surface area contributed by atoms with E-state index in [2.05, 4.69) is 15.9 Å². The number of halogens is 1. The highest BCUT2D eigenvalue weighted by molar-refractivity contribution is 9.10. The smallest absolute Gasteiger partial charge is 0.295 e. The van der Waals surface area contributed by atoms with Crippen molar-refractivity contribution in [3.8, 4) is 5.75 Å². The summed E-state index contributed by atoms with van der Waals surface area (Å²) in [4.78, 5) is 28.9. The molecule has 160 valence electrons. The second kappa shape index (κ2) is 7.64. The van der Waals surface area contributed by atoms with Crippen LogP contribution in [-0.2, 0) is 0 Å². The van der Waals surface area contributed by atoms with Gasteiger partial charge in [0.15, 0.2) is 5.43 Å². The highest BCUT2D eigenvalue weighted by atomic mass is 79.9. The van der Waals surface area contributed by atoms with Crippen LogP contribution in [0.25, 0.3) is 11.0 Å². The predicted molar refractivity (Wildman–Crippen MR) is 128 cm³/mol. The van der Waals surface area contributed by atoms with Crippen LogP contribution in [0.2, 0.25) is 0 Å². The monoisotopic (exact) mass is 489 g/mol. The van der Waals surface area contributed by atoms with Crippen LogP contribution < -0.4 is 15.1 Å². The van der Waals surface area contributed by atoms with Crippen molar-refractivity contribution in [2.24, 2.45) is 0 Å². The number of nitrogens with zero attached hydrogens (tertiary/aromatic N) is 1. The average Bonchev–Trinajstić information content (AvgIpc) is 3.08. The van der Waals surface area contributed by atoms with E-state index in [1.165, 1.54) is 0 Å². The van der Waals surface area contributed by atoms with Crippen molar-refractivity contribution in [3.05, 3.63) is 103 Å². The normalized spacial score (nSPS) is 15.3. The Labute approximate surface area is 193 Å². The molecule has 5 nitrogen and oxygen atoms in total. The summed E-state index contributed by atoms with van der Waals surface area (Å²) >= 11 is 3.51. The zero-order chi connectivity index (χ0) is 22.6. The van der Waals surface area contributed by atoms with Gasteiger partial charge in [-0.15, -0.1) is 0 Å². The molecule has 3 aromatic carbocycles. The summed E-state index contributed by atoms with van der Waals surface area (Å²) in [5.74, 6) is 0.432. The molecule has 6 heteroatoms. The molecule has 1 aliphatic rings. The highest BCUT2D eigenvalue weighted by Crippen LogP contribution is 2.42. The molecule has 2 heterocycles. The van der Waals surface area contributed by atoms with Crippen LogP contribution in [0.3, 0.4) is 0 Å². The number of carbonyl (C=O) groups is 1. The van der Waals surface area contributed by atoms with E-state index in [-0.39, 0.29) is 17.1 Å². The van der Waals surface area contributed by atoms with Gasteiger partial charge in [-0.2, -0.15) is 0 Å². The van der Waals surface area contributed by atoms with E-state index in [4.69, 9.17) is 9.15 Å². The molecule has 1 atom stereocenters. The number of aryl methyl sites for hydroxylation is 2. The number of anilines is 1. The van der Waals surface area contributed by atoms with Gasteiger partial charge in [0.25, 0.3) is 5.91 Å². The zero-order valence-corrected chi connectivity index (χ0v) is 19.4. The number of ether oxygens (including phenoxy) is 1. The molecule has 0 bridgehead atoms. The van der Waals surface area contributed by atoms with Crippen molar-refractivity contribution < 1.29 is 13.9 Å². The molecule has 0 saturated heterocycles. The Morgan fingerprint density at radius 2 is 1.69 bits per heavy atom. The molecule has 4 aromatic rings. The number of hydrogen-bond acceptors (Lipinski definition) is 4. The van der Waals surface area contributed by atoms with Crippen LogP contribution >= 0.6 is 15.9 Å². The fraction of sp³-hybridized carbons (Fsp3) is 0.154. The molecule has 5 rings (SSSR count). The van der Waals surface area contributed by atoms with Gasteiger partial charge >= 0.3 is 0 Å². The van der Waals surface area contributed by atoms with E-state index < -0.39 is 6.04 Å². The fourth-order valence-corrected chi connectivity index (χ4v) is 4.65. The number of methoxy groups -OCH3 is 1. The summed E-state index contributed by atoms with van der Waals surface area (Å²) in [6, 6.07) is 17.9. The standard InChI is InChI=1S/C26H20BrNO4/c1-14-11-20-21(12-15(14)2)32-25-22(24(20)29)23(16-5-4-6-17(27)13-16)28(26(25)30)18-7-9-19(31-3)10-8-18/h4-13,23H,1-3H3. The molecular weight excluding hydrogens is 470 g/mol. The Hall–Kier alpha value is -3.38. The topological polar surface area (TPSA) is 59.8 Å². The minimum absolute atomic E-state index is 0.0894. The van der Waals surface area contributed by atoms with Crippen LogP contribution in [0.5, 0.6) is 5.75 Å². The first-order chi connectivity index (χ1) is 15.4. The molecule has 1 aromatic heterocycles. The molecule has 0 N–H and O–H groups in total. The lowest BCUT2D eigenvalue weighted by atomic mass is 9.97. The molecule has 32 heavy (non-hydrogen) atoms. The van der Waals surface area contributed by atoms with Gasteiger partial charge in [-0.25, -0.2) is 0 Å². The van der Waals surface area contributed by atoms with Crippen molar-refractivity contribution >= 4 is 38.5 Å². The number of rotatable bonds is 3. The molecule has 1 unspecified atom stereocenters. The molecular formula is C26H20BrNO4. The Kier molecular flexibility index (Phi) is 4.90. The van der Waals surface area contributed by atoms with Crippen LogP contribution in [0, 0.1) is 13.8 Å². The Morgan fingerprint density at radius 1 is 0.969 bits per heavy atom. The first kappa shape index (κ1) is 20.5.